The summed E-state index contributed by atoms with van der Waals surface area (Å²) in [4.78, 5) is 62.6. The first kappa shape index (κ1) is 40.3. The molecule has 270 valence electrons. The molecule has 48 heavy (non-hydrogen) atoms. The van der Waals surface area contributed by atoms with Crippen molar-refractivity contribution in [3.63, 3.8) is 0 Å². The molecule has 3 unspecified atom stereocenters. The molecule has 2 amide bonds. The molecule has 0 aromatic heterocycles. The van der Waals surface area contributed by atoms with Gasteiger partial charge in [0.15, 0.2) is 0 Å². The van der Waals surface area contributed by atoms with Gasteiger partial charge in [-0.05, 0) is 72.9 Å². The highest BCUT2D eigenvalue weighted by Crippen LogP contribution is 2.22. The summed E-state index contributed by atoms with van der Waals surface area (Å²) in [5, 5.41) is 0. The Bertz CT molecular complexity index is 1150. The number of ether oxygens (including phenoxy) is 5. The van der Waals surface area contributed by atoms with Crippen LogP contribution >= 0.6 is 0 Å². The third-order valence-electron chi connectivity index (χ3n) is 7.80. The molecule has 3 aliphatic heterocycles. The van der Waals surface area contributed by atoms with Gasteiger partial charge in [0.1, 0.15) is 11.2 Å². The lowest BCUT2D eigenvalue weighted by atomic mass is 10.1. The molecule has 0 bridgehead atoms. The highest BCUT2D eigenvalue weighted by Gasteiger charge is 2.35. The van der Waals surface area contributed by atoms with Gasteiger partial charge >= 0.3 is 30.1 Å². The van der Waals surface area contributed by atoms with Crippen LogP contribution in [0.2, 0.25) is 0 Å². The van der Waals surface area contributed by atoms with E-state index in [0.29, 0.717) is 39.0 Å². The van der Waals surface area contributed by atoms with Crippen LogP contribution in [0.5, 0.6) is 0 Å². The summed E-state index contributed by atoms with van der Waals surface area (Å²) in [6, 6.07) is 10.3. The normalized spacial score (nSPS) is 20.8. The van der Waals surface area contributed by atoms with Crippen LogP contribution in [0.15, 0.2) is 30.3 Å². The van der Waals surface area contributed by atoms with E-state index in [1.165, 1.54) is 26.9 Å². The van der Waals surface area contributed by atoms with E-state index in [2.05, 4.69) is 26.5 Å². The third kappa shape index (κ3) is 14.1. The van der Waals surface area contributed by atoms with Gasteiger partial charge in [-0.3, -0.25) is 19.3 Å². The monoisotopic (exact) mass is 677 g/mol. The number of amides is 2. The van der Waals surface area contributed by atoms with Gasteiger partial charge < -0.3 is 33.5 Å². The van der Waals surface area contributed by atoms with E-state index in [0.717, 1.165) is 26.1 Å². The molecule has 3 saturated heterocycles. The van der Waals surface area contributed by atoms with Crippen LogP contribution in [-0.2, 0) is 44.6 Å². The topological polar surface area (TPSA) is 141 Å². The average molecular weight is 678 g/mol. The largest absolute Gasteiger partial charge is 0.469 e. The molecule has 3 heterocycles. The number of hydrogen-bond acceptors (Lipinski definition) is 11. The summed E-state index contributed by atoms with van der Waals surface area (Å²) in [5.74, 6) is -0.948. The summed E-state index contributed by atoms with van der Waals surface area (Å²) >= 11 is 0. The van der Waals surface area contributed by atoms with Gasteiger partial charge in [-0.25, -0.2) is 9.59 Å². The Kier molecular flexibility index (Phi) is 15.6. The van der Waals surface area contributed by atoms with Crippen LogP contribution < -0.4 is 0 Å². The molecule has 0 spiro atoms. The average Bonchev–Trinajstić information content (AvgIpc) is 3.81. The number of nitrogens with zero attached hydrogens (tertiary/aromatic N) is 3. The number of methoxy groups -OCH3 is 3. The van der Waals surface area contributed by atoms with E-state index < -0.39 is 11.2 Å². The summed E-state index contributed by atoms with van der Waals surface area (Å²) in [6.07, 6.45) is 1.48. The SMILES string of the molecule is COC(=O)C1CCN(C(=O)OC(C)(C)C)C1.COC(=O)C1CCN(C(=O)OC(C)(C)C)C1.COC(=O)C1CCN(Cc2ccccc2)C1. The van der Waals surface area contributed by atoms with E-state index in [9.17, 15) is 24.0 Å². The van der Waals surface area contributed by atoms with Gasteiger partial charge in [-0.15, -0.1) is 0 Å². The van der Waals surface area contributed by atoms with Crippen LogP contribution in [0.1, 0.15) is 66.4 Å². The van der Waals surface area contributed by atoms with Crippen molar-refractivity contribution in [3.05, 3.63) is 35.9 Å². The van der Waals surface area contributed by atoms with Crippen molar-refractivity contribution in [1.29, 1.82) is 0 Å². The maximum atomic E-state index is 11.7. The van der Waals surface area contributed by atoms with Crippen molar-refractivity contribution in [2.75, 3.05) is 60.6 Å². The molecule has 3 aliphatic rings. The van der Waals surface area contributed by atoms with Crippen LogP contribution in [-0.4, -0.2) is 117 Å². The maximum absolute atomic E-state index is 11.7. The molecule has 1 aromatic carbocycles. The summed E-state index contributed by atoms with van der Waals surface area (Å²) < 4.78 is 24.5. The molecule has 0 saturated carbocycles. The highest BCUT2D eigenvalue weighted by atomic mass is 16.6. The Morgan fingerprint density at radius 3 is 1.35 bits per heavy atom. The third-order valence-corrected chi connectivity index (χ3v) is 7.80. The second kappa shape index (κ2) is 18.6. The lowest BCUT2D eigenvalue weighted by Gasteiger charge is -2.24. The molecule has 0 N–H and O–H groups in total. The predicted molar refractivity (Wildman–Crippen MR) is 178 cm³/mol. The fraction of sp³-hybridized carbons (Fsp3) is 0.686. The van der Waals surface area contributed by atoms with E-state index in [-0.39, 0.29) is 47.8 Å². The summed E-state index contributed by atoms with van der Waals surface area (Å²) in [7, 11) is 4.18. The van der Waals surface area contributed by atoms with Gasteiger partial charge in [0.25, 0.3) is 0 Å². The number of carbonyl (C=O) groups excluding carboxylic acids is 5. The second-order valence-corrected chi connectivity index (χ2v) is 14.1. The van der Waals surface area contributed by atoms with Crippen molar-refractivity contribution in [2.24, 2.45) is 17.8 Å². The minimum absolute atomic E-state index is 0.0636. The highest BCUT2D eigenvalue weighted by molar-refractivity contribution is 5.76. The lowest BCUT2D eigenvalue weighted by molar-refractivity contribution is -0.145. The summed E-state index contributed by atoms with van der Waals surface area (Å²) in [6.45, 7) is 15.5. The maximum Gasteiger partial charge on any atom is 0.410 e. The number of likely N-dealkylation sites (tertiary alicyclic amines) is 3. The van der Waals surface area contributed by atoms with Gasteiger partial charge in [0.2, 0.25) is 0 Å². The fourth-order valence-corrected chi connectivity index (χ4v) is 5.40. The van der Waals surface area contributed by atoms with Crippen molar-refractivity contribution in [1.82, 2.24) is 14.7 Å². The van der Waals surface area contributed by atoms with Crippen LogP contribution in [0.3, 0.4) is 0 Å². The van der Waals surface area contributed by atoms with E-state index in [1.807, 2.05) is 59.7 Å². The van der Waals surface area contributed by atoms with Crippen molar-refractivity contribution < 1.29 is 47.7 Å². The molecule has 1 aromatic rings. The van der Waals surface area contributed by atoms with E-state index in [4.69, 9.17) is 14.2 Å². The molecule has 0 aliphatic carbocycles. The number of rotatable bonds is 5. The minimum Gasteiger partial charge on any atom is -0.469 e. The van der Waals surface area contributed by atoms with Crippen LogP contribution in [0, 0.1) is 17.8 Å². The molecular weight excluding hydrogens is 622 g/mol. The smallest absolute Gasteiger partial charge is 0.410 e. The van der Waals surface area contributed by atoms with Crippen molar-refractivity contribution in [2.45, 2.75) is 78.6 Å². The van der Waals surface area contributed by atoms with E-state index in [1.54, 1.807) is 9.80 Å². The molecule has 3 atom stereocenters. The zero-order valence-corrected chi connectivity index (χ0v) is 30.1. The minimum atomic E-state index is -0.500. The number of benzene rings is 1. The molecule has 4 rings (SSSR count). The first-order valence-electron chi connectivity index (χ1n) is 16.4. The fourth-order valence-electron chi connectivity index (χ4n) is 5.40. The Morgan fingerprint density at radius 1 is 0.604 bits per heavy atom. The standard InChI is InChI=1S/C13H17NO2.2C11H19NO4/c1-16-13(15)12-7-8-14(10-12)9-11-5-3-2-4-6-11;2*1-11(2,3)16-10(14)12-6-5-8(7-12)9(13)15-4/h2-6,12H,7-10H2,1H3;2*8H,5-7H2,1-4H3. The first-order chi connectivity index (χ1) is 22.5. The van der Waals surface area contributed by atoms with Gasteiger partial charge in [-0.2, -0.15) is 0 Å². The molecule has 13 nitrogen and oxygen atoms in total. The Hall–Kier alpha value is -3.87. The predicted octanol–water partition coefficient (Wildman–Crippen LogP) is 4.51. The van der Waals surface area contributed by atoms with Crippen LogP contribution in [0.4, 0.5) is 9.59 Å². The first-order valence-corrected chi connectivity index (χ1v) is 16.4. The van der Waals surface area contributed by atoms with Crippen molar-refractivity contribution in [3.8, 4) is 0 Å². The molecule has 3 fully saturated rings. The Balaban J connectivity index is 0.000000250. The van der Waals surface area contributed by atoms with Crippen molar-refractivity contribution >= 4 is 30.1 Å². The molecule has 0 radical (unpaired) electrons. The van der Waals surface area contributed by atoms with E-state index >= 15 is 0 Å². The van der Waals surface area contributed by atoms with Gasteiger partial charge in [0.05, 0.1) is 39.1 Å². The number of hydrogen-bond donors (Lipinski definition) is 0. The Morgan fingerprint density at radius 2 is 0.979 bits per heavy atom. The number of carbonyl (C=O) groups is 5. The molecule has 13 heteroatoms. The lowest BCUT2D eigenvalue weighted by Crippen LogP contribution is -2.36. The molecular formula is C35H55N3O10. The van der Waals surface area contributed by atoms with Crippen LogP contribution in [0.25, 0.3) is 0 Å². The second-order valence-electron chi connectivity index (χ2n) is 14.1. The zero-order chi connectivity index (χ0) is 36.1. The quantitative estimate of drug-likeness (QED) is 0.321. The van der Waals surface area contributed by atoms with Gasteiger partial charge in [0, 0.05) is 39.3 Å². The zero-order valence-electron chi connectivity index (χ0n) is 30.1. The summed E-state index contributed by atoms with van der Waals surface area (Å²) in [5.41, 5.74) is 0.300. The Labute approximate surface area is 285 Å². The number of esters is 3. The van der Waals surface area contributed by atoms with Gasteiger partial charge in [-0.1, -0.05) is 30.3 Å².